The van der Waals surface area contributed by atoms with Gasteiger partial charge < -0.3 is 9.84 Å². The van der Waals surface area contributed by atoms with Gasteiger partial charge in [0.15, 0.2) is 0 Å². The van der Waals surface area contributed by atoms with Gasteiger partial charge in [0.05, 0.1) is 6.42 Å². The Hall–Kier alpha value is -0.570. The van der Waals surface area contributed by atoms with Crippen molar-refractivity contribution in [1.29, 1.82) is 0 Å². The molecule has 0 aromatic rings. The van der Waals surface area contributed by atoms with Gasteiger partial charge in [-0.05, 0) is 6.42 Å². The van der Waals surface area contributed by atoms with Crippen molar-refractivity contribution in [2.75, 3.05) is 6.61 Å². The van der Waals surface area contributed by atoms with E-state index in [1.807, 2.05) is 6.92 Å². The Bertz CT molecular complexity index is 132. The molecule has 3 heteroatoms. The van der Waals surface area contributed by atoms with Gasteiger partial charge >= 0.3 is 5.97 Å². The fraction of sp³-hybridized carbons (Fsp3) is 0.833. The van der Waals surface area contributed by atoms with E-state index in [4.69, 9.17) is 0 Å². The van der Waals surface area contributed by atoms with Crippen LogP contribution in [0.25, 0.3) is 0 Å². The van der Waals surface area contributed by atoms with Gasteiger partial charge in [0.2, 0.25) is 0 Å². The Balaban J connectivity index is 2.54. The number of ether oxygens (including phenoxy) is 1. The third-order valence-corrected chi connectivity index (χ3v) is 1.63. The molecule has 0 unspecified atom stereocenters. The highest BCUT2D eigenvalue weighted by molar-refractivity contribution is 5.72. The van der Waals surface area contributed by atoms with E-state index in [1.54, 1.807) is 0 Å². The van der Waals surface area contributed by atoms with Gasteiger partial charge in [-0.1, -0.05) is 6.92 Å². The molecule has 1 atom stereocenters. The summed E-state index contributed by atoms with van der Waals surface area (Å²) in [6, 6.07) is 0. The van der Waals surface area contributed by atoms with E-state index in [0.29, 0.717) is 6.42 Å². The van der Waals surface area contributed by atoms with Crippen LogP contribution in [0.15, 0.2) is 0 Å². The monoisotopic (exact) mass is 130 g/mol. The summed E-state index contributed by atoms with van der Waals surface area (Å²) in [5, 5.41) is 9.32. The van der Waals surface area contributed by atoms with Crippen molar-refractivity contribution in [3.8, 4) is 0 Å². The lowest BCUT2D eigenvalue weighted by atomic mass is 10.0. The predicted octanol–water partition coefficient (Wildman–Crippen LogP) is 0.0744. The van der Waals surface area contributed by atoms with E-state index in [9.17, 15) is 9.90 Å². The van der Waals surface area contributed by atoms with E-state index in [-0.39, 0.29) is 19.0 Å². The van der Waals surface area contributed by atoms with Gasteiger partial charge in [-0.3, -0.25) is 4.79 Å². The molecule has 0 saturated carbocycles. The number of carbonyl (C=O) groups is 1. The van der Waals surface area contributed by atoms with Crippen LogP contribution in [0.4, 0.5) is 0 Å². The summed E-state index contributed by atoms with van der Waals surface area (Å²) in [5.41, 5.74) is -0.864. The van der Waals surface area contributed by atoms with E-state index < -0.39 is 5.60 Å². The second-order valence-electron chi connectivity index (χ2n) is 2.42. The zero-order chi connectivity index (χ0) is 6.91. The topological polar surface area (TPSA) is 46.5 Å². The van der Waals surface area contributed by atoms with Gasteiger partial charge in [0.1, 0.15) is 12.2 Å². The van der Waals surface area contributed by atoms with Crippen LogP contribution < -0.4 is 0 Å². The highest BCUT2D eigenvalue weighted by Gasteiger charge is 2.36. The third-order valence-electron chi connectivity index (χ3n) is 1.63. The Morgan fingerprint density at radius 2 is 2.56 bits per heavy atom. The first-order valence-corrected chi connectivity index (χ1v) is 3.04. The standard InChI is InChI=1S/C6H10O3/c1-2-6(8)3-5(7)9-4-6/h8H,2-4H2,1H3/t6-/m1/s1. The third kappa shape index (κ3) is 1.21. The highest BCUT2D eigenvalue weighted by Crippen LogP contribution is 2.22. The maximum absolute atomic E-state index is 10.4. The van der Waals surface area contributed by atoms with Crippen LogP contribution in [0.1, 0.15) is 19.8 Å². The summed E-state index contributed by atoms with van der Waals surface area (Å²) in [5.74, 6) is -0.292. The number of hydrogen-bond donors (Lipinski definition) is 1. The molecule has 0 spiro atoms. The van der Waals surface area contributed by atoms with Gasteiger partial charge in [-0.25, -0.2) is 0 Å². The normalized spacial score (nSPS) is 34.7. The zero-order valence-electron chi connectivity index (χ0n) is 5.39. The highest BCUT2D eigenvalue weighted by atomic mass is 16.6. The lowest BCUT2D eigenvalue weighted by Gasteiger charge is -2.14. The van der Waals surface area contributed by atoms with Crippen LogP contribution in [0.3, 0.4) is 0 Å². The van der Waals surface area contributed by atoms with Crippen LogP contribution in [-0.2, 0) is 9.53 Å². The van der Waals surface area contributed by atoms with Crippen LogP contribution in [0.2, 0.25) is 0 Å². The molecule has 0 bridgehead atoms. The molecule has 1 aliphatic rings. The van der Waals surface area contributed by atoms with Crippen molar-refractivity contribution < 1.29 is 14.6 Å². The molecule has 1 fully saturated rings. The average molecular weight is 130 g/mol. The Labute approximate surface area is 53.6 Å². The van der Waals surface area contributed by atoms with Gasteiger partial charge in [-0.15, -0.1) is 0 Å². The molecule has 0 aromatic heterocycles. The predicted molar refractivity (Wildman–Crippen MR) is 30.8 cm³/mol. The number of esters is 1. The molecule has 0 amide bonds. The van der Waals surface area contributed by atoms with Crippen molar-refractivity contribution in [2.24, 2.45) is 0 Å². The molecule has 9 heavy (non-hydrogen) atoms. The fourth-order valence-corrected chi connectivity index (χ4v) is 0.813. The SMILES string of the molecule is CC[C@]1(O)COC(=O)C1. The largest absolute Gasteiger partial charge is 0.463 e. The minimum Gasteiger partial charge on any atom is -0.463 e. The summed E-state index contributed by atoms with van der Waals surface area (Å²) in [6.07, 6.45) is 0.738. The van der Waals surface area contributed by atoms with Crippen molar-refractivity contribution in [2.45, 2.75) is 25.4 Å². The van der Waals surface area contributed by atoms with Crippen LogP contribution in [-0.4, -0.2) is 23.3 Å². The molecule has 3 nitrogen and oxygen atoms in total. The fourth-order valence-electron chi connectivity index (χ4n) is 0.813. The first-order chi connectivity index (χ1) is 4.16. The number of carbonyl (C=O) groups excluding carboxylic acids is 1. The molecular formula is C6H10O3. The molecule has 1 aliphatic heterocycles. The second kappa shape index (κ2) is 1.99. The quantitative estimate of drug-likeness (QED) is 0.511. The molecule has 1 rings (SSSR count). The van der Waals surface area contributed by atoms with E-state index in [1.165, 1.54) is 0 Å². The first-order valence-electron chi connectivity index (χ1n) is 3.04. The minimum absolute atomic E-state index is 0.156. The number of aliphatic hydroxyl groups is 1. The van der Waals surface area contributed by atoms with Gasteiger partial charge in [-0.2, -0.15) is 0 Å². The Kier molecular flexibility index (Phi) is 1.45. The molecular weight excluding hydrogens is 120 g/mol. The molecule has 1 saturated heterocycles. The Morgan fingerprint density at radius 1 is 1.89 bits per heavy atom. The zero-order valence-corrected chi connectivity index (χ0v) is 5.39. The first kappa shape index (κ1) is 6.55. The molecule has 52 valence electrons. The lowest BCUT2D eigenvalue weighted by molar-refractivity contribution is -0.137. The second-order valence-corrected chi connectivity index (χ2v) is 2.42. The maximum atomic E-state index is 10.4. The minimum atomic E-state index is -0.864. The van der Waals surface area contributed by atoms with E-state index in [0.717, 1.165) is 0 Å². The molecule has 0 aromatic carbocycles. The number of hydrogen-bond acceptors (Lipinski definition) is 3. The van der Waals surface area contributed by atoms with Crippen molar-refractivity contribution in [3.63, 3.8) is 0 Å². The Morgan fingerprint density at radius 3 is 2.78 bits per heavy atom. The smallest absolute Gasteiger partial charge is 0.308 e. The van der Waals surface area contributed by atoms with Crippen molar-refractivity contribution >= 4 is 5.97 Å². The van der Waals surface area contributed by atoms with Crippen molar-refractivity contribution in [1.82, 2.24) is 0 Å². The maximum Gasteiger partial charge on any atom is 0.308 e. The summed E-state index contributed by atoms with van der Waals surface area (Å²) >= 11 is 0. The van der Waals surface area contributed by atoms with Crippen molar-refractivity contribution in [3.05, 3.63) is 0 Å². The summed E-state index contributed by atoms with van der Waals surface area (Å²) in [6.45, 7) is 2.00. The molecule has 1 heterocycles. The van der Waals surface area contributed by atoms with Crippen LogP contribution >= 0.6 is 0 Å². The summed E-state index contributed by atoms with van der Waals surface area (Å²) in [4.78, 5) is 10.4. The van der Waals surface area contributed by atoms with Crippen LogP contribution in [0, 0.1) is 0 Å². The van der Waals surface area contributed by atoms with Gasteiger partial charge in [0, 0.05) is 0 Å². The van der Waals surface area contributed by atoms with E-state index >= 15 is 0 Å². The summed E-state index contributed by atoms with van der Waals surface area (Å²) < 4.78 is 4.57. The average Bonchev–Trinajstić information content (AvgIpc) is 2.13. The van der Waals surface area contributed by atoms with Gasteiger partial charge in [0.25, 0.3) is 0 Å². The molecule has 0 aliphatic carbocycles. The number of rotatable bonds is 1. The molecule has 0 radical (unpaired) electrons. The number of cyclic esters (lactones) is 1. The lowest BCUT2D eigenvalue weighted by Crippen LogP contribution is -2.27. The molecule has 1 N–H and O–H groups in total. The summed E-state index contributed by atoms with van der Waals surface area (Å²) in [7, 11) is 0. The van der Waals surface area contributed by atoms with Crippen LogP contribution in [0.5, 0.6) is 0 Å². The van der Waals surface area contributed by atoms with E-state index in [2.05, 4.69) is 4.74 Å².